The molecule has 0 saturated carbocycles. The van der Waals surface area contributed by atoms with Gasteiger partial charge in [-0.3, -0.25) is 4.79 Å². The Morgan fingerprint density at radius 2 is 2.06 bits per heavy atom. The zero-order valence-electron chi connectivity index (χ0n) is 10.1. The van der Waals surface area contributed by atoms with E-state index >= 15 is 0 Å². The number of nitrogen functional groups attached to an aromatic ring is 1. The summed E-state index contributed by atoms with van der Waals surface area (Å²) in [4.78, 5) is 14.4. The fraction of sp³-hybridized carbons (Fsp3) is 0.154. The second-order valence-corrected chi connectivity index (χ2v) is 5.24. The normalized spacial score (nSPS) is 10.4. The molecule has 0 atom stereocenters. The van der Waals surface area contributed by atoms with E-state index in [1.54, 1.807) is 13.1 Å². The number of carbonyl (C=O) groups is 1. The monoisotopic (exact) mass is 280 g/mol. The number of carbonyl (C=O) groups excluding carboxylic acids is 1. The van der Waals surface area contributed by atoms with Crippen LogP contribution >= 0.6 is 22.9 Å². The molecular weight excluding hydrogens is 268 g/mol. The smallest absolute Gasteiger partial charge is 0.269 e. The number of anilines is 2. The number of halogens is 1. The summed E-state index contributed by atoms with van der Waals surface area (Å²) in [6.07, 6.45) is 0. The molecule has 3 nitrogen and oxygen atoms in total. The second kappa shape index (κ2) is 5.00. The lowest BCUT2D eigenvalue weighted by Gasteiger charge is -2.18. The number of para-hydroxylation sites is 2. The summed E-state index contributed by atoms with van der Waals surface area (Å²) < 4.78 is 0. The molecule has 1 amide bonds. The Kier molecular flexibility index (Phi) is 3.59. The van der Waals surface area contributed by atoms with Crippen molar-refractivity contribution < 1.29 is 4.79 Å². The van der Waals surface area contributed by atoms with Crippen molar-refractivity contribution in [1.82, 2.24) is 0 Å². The first-order chi connectivity index (χ1) is 8.52. The SMILES string of the molecule is Cc1csc(C(=O)N(C)c2ccccc2N)c1Cl. The van der Waals surface area contributed by atoms with E-state index in [0.717, 1.165) is 5.56 Å². The predicted molar refractivity (Wildman–Crippen MR) is 77.7 cm³/mol. The van der Waals surface area contributed by atoms with E-state index in [4.69, 9.17) is 17.3 Å². The lowest BCUT2D eigenvalue weighted by Crippen LogP contribution is -2.26. The maximum Gasteiger partial charge on any atom is 0.269 e. The quantitative estimate of drug-likeness (QED) is 0.855. The van der Waals surface area contributed by atoms with Gasteiger partial charge in [0.1, 0.15) is 4.88 Å². The third-order valence-corrected chi connectivity index (χ3v) is 4.38. The summed E-state index contributed by atoms with van der Waals surface area (Å²) >= 11 is 7.46. The number of aryl methyl sites for hydroxylation is 1. The Hall–Kier alpha value is -1.52. The van der Waals surface area contributed by atoms with Crippen LogP contribution in [0.3, 0.4) is 0 Å². The van der Waals surface area contributed by atoms with E-state index in [-0.39, 0.29) is 5.91 Å². The van der Waals surface area contributed by atoms with Gasteiger partial charge >= 0.3 is 0 Å². The molecule has 0 spiro atoms. The van der Waals surface area contributed by atoms with Gasteiger partial charge in [0, 0.05) is 7.05 Å². The van der Waals surface area contributed by atoms with Gasteiger partial charge in [0.15, 0.2) is 0 Å². The molecule has 0 saturated heterocycles. The highest BCUT2D eigenvalue weighted by molar-refractivity contribution is 7.13. The minimum Gasteiger partial charge on any atom is -0.397 e. The van der Waals surface area contributed by atoms with Crippen molar-refractivity contribution >= 4 is 40.2 Å². The molecule has 0 fully saturated rings. The molecule has 0 aliphatic heterocycles. The van der Waals surface area contributed by atoms with Crippen molar-refractivity contribution in [1.29, 1.82) is 0 Å². The molecule has 1 aromatic carbocycles. The average molecular weight is 281 g/mol. The van der Waals surface area contributed by atoms with E-state index in [1.807, 2.05) is 30.5 Å². The van der Waals surface area contributed by atoms with Gasteiger partial charge in [0.25, 0.3) is 5.91 Å². The molecule has 1 heterocycles. The van der Waals surface area contributed by atoms with Gasteiger partial charge in [-0.1, -0.05) is 23.7 Å². The number of thiophene rings is 1. The number of hydrogen-bond donors (Lipinski definition) is 1. The van der Waals surface area contributed by atoms with Crippen LogP contribution in [0.15, 0.2) is 29.6 Å². The molecule has 94 valence electrons. The molecular formula is C13H13ClN2OS. The Bertz CT molecular complexity index is 594. The van der Waals surface area contributed by atoms with Crippen molar-refractivity contribution in [2.45, 2.75) is 6.92 Å². The first kappa shape index (κ1) is 12.9. The van der Waals surface area contributed by atoms with Crippen LogP contribution in [0.1, 0.15) is 15.2 Å². The molecule has 1 aromatic heterocycles. The Labute approximate surface area is 115 Å². The maximum absolute atomic E-state index is 12.3. The first-order valence-corrected chi connectivity index (χ1v) is 6.64. The molecule has 0 aliphatic carbocycles. The van der Waals surface area contributed by atoms with Crippen LogP contribution < -0.4 is 10.6 Å². The van der Waals surface area contributed by atoms with Crippen LogP contribution in [0.25, 0.3) is 0 Å². The van der Waals surface area contributed by atoms with Crippen molar-refractivity contribution in [3.63, 3.8) is 0 Å². The topological polar surface area (TPSA) is 46.3 Å². The highest BCUT2D eigenvalue weighted by Crippen LogP contribution is 2.30. The molecule has 0 aliphatic rings. The van der Waals surface area contributed by atoms with E-state index < -0.39 is 0 Å². The van der Waals surface area contributed by atoms with E-state index in [0.29, 0.717) is 21.3 Å². The van der Waals surface area contributed by atoms with Gasteiger partial charge in [0.05, 0.1) is 16.4 Å². The largest absolute Gasteiger partial charge is 0.397 e. The van der Waals surface area contributed by atoms with Gasteiger partial charge in [-0.2, -0.15) is 0 Å². The molecule has 0 radical (unpaired) electrons. The molecule has 18 heavy (non-hydrogen) atoms. The lowest BCUT2D eigenvalue weighted by molar-refractivity contribution is 0.0997. The summed E-state index contributed by atoms with van der Waals surface area (Å²) in [5.41, 5.74) is 8.03. The minimum atomic E-state index is -0.143. The first-order valence-electron chi connectivity index (χ1n) is 5.38. The average Bonchev–Trinajstić information content (AvgIpc) is 2.69. The van der Waals surface area contributed by atoms with E-state index in [2.05, 4.69) is 0 Å². The number of benzene rings is 1. The highest BCUT2D eigenvalue weighted by Gasteiger charge is 2.20. The number of nitrogens with zero attached hydrogens (tertiary/aromatic N) is 1. The Balaban J connectivity index is 2.35. The van der Waals surface area contributed by atoms with Crippen LogP contribution in [-0.4, -0.2) is 13.0 Å². The minimum absolute atomic E-state index is 0.143. The molecule has 0 bridgehead atoms. The Morgan fingerprint density at radius 1 is 1.39 bits per heavy atom. The van der Waals surface area contributed by atoms with Crippen LogP contribution in [0.2, 0.25) is 5.02 Å². The van der Waals surface area contributed by atoms with E-state index in [1.165, 1.54) is 16.2 Å². The van der Waals surface area contributed by atoms with Crippen molar-refractivity contribution in [2.75, 3.05) is 17.7 Å². The summed E-state index contributed by atoms with van der Waals surface area (Å²) in [5.74, 6) is -0.143. The summed E-state index contributed by atoms with van der Waals surface area (Å²) in [6.45, 7) is 1.88. The third kappa shape index (κ3) is 2.21. The van der Waals surface area contributed by atoms with Gasteiger partial charge in [0.2, 0.25) is 0 Å². The number of rotatable bonds is 2. The van der Waals surface area contributed by atoms with Gasteiger partial charge in [-0.25, -0.2) is 0 Å². The summed E-state index contributed by atoms with van der Waals surface area (Å²) in [6, 6.07) is 7.25. The molecule has 2 N–H and O–H groups in total. The summed E-state index contributed by atoms with van der Waals surface area (Å²) in [7, 11) is 1.69. The second-order valence-electron chi connectivity index (χ2n) is 3.98. The fourth-order valence-electron chi connectivity index (χ4n) is 1.63. The molecule has 2 aromatic rings. The fourth-order valence-corrected chi connectivity index (χ4v) is 2.88. The third-order valence-electron chi connectivity index (χ3n) is 2.70. The van der Waals surface area contributed by atoms with Crippen LogP contribution in [-0.2, 0) is 0 Å². The maximum atomic E-state index is 12.3. The van der Waals surface area contributed by atoms with Crippen LogP contribution in [0, 0.1) is 6.92 Å². The van der Waals surface area contributed by atoms with Gasteiger partial charge in [-0.05, 0) is 30.0 Å². The zero-order valence-corrected chi connectivity index (χ0v) is 11.7. The standard InChI is InChI=1S/C13H13ClN2OS/c1-8-7-18-12(11(8)14)13(17)16(2)10-6-4-3-5-9(10)15/h3-7H,15H2,1-2H3. The van der Waals surface area contributed by atoms with E-state index in [9.17, 15) is 4.79 Å². The lowest BCUT2D eigenvalue weighted by atomic mass is 10.2. The number of nitrogens with two attached hydrogens (primary N) is 1. The molecule has 5 heteroatoms. The molecule has 0 unspecified atom stereocenters. The summed E-state index contributed by atoms with van der Waals surface area (Å²) in [5, 5.41) is 2.39. The predicted octanol–water partition coefficient (Wildman–Crippen LogP) is 3.57. The zero-order chi connectivity index (χ0) is 13.3. The number of hydrogen-bond acceptors (Lipinski definition) is 3. The van der Waals surface area contributed by atoms with Crippen LogP contribution in [0.4, 0.5) is 11.4 Å². The van der Waals surface area contributed by atoms with Gasteiger partial charge in [-0.15, -0.1) is 11.3 Å². The van der Waals surface area contributed by atoms with Crippen molar-refractivity contribution in [3.8, 4) is 0 Å². The van der Waals surface area contributed by atoms with Crippen molar-refractivity contribution in [3.05, 3.63) is 45.1 Å². The van der Waals surface area contributed by atoms with Crippen LogP contribution in [0.5, 0.6) is 0 Å². The van der Waals surface area contributed by atoms with Gasteiger partial charge < -0.3 is 10.6 Å². The molecule has 2 rings (SSSR count). The highest BCUT2D eigenvalue weighted by atomic mass is 35.5. The number of amides is 1. The van der Waals surface area contributed by atoms with Crippen molar-refractivity contribution in [2.24, 2.45) is 0 Å². The Morgan fingerprint density at radius 3 is 2.61 bits per heavy atom.